The van der Waals surface area contributed by atoms with Gasteiger partial charge in [0.2, 0.25) is 0 Å². The summed E-state index contributed by atoms with van der Waals surface area (Å²) in [6.07, 6.45) is 5.68. The molecule has 9 heteroatoms. The minimum atomic E-state index is -1.13. The number of fused-ring (bicyclic) bond motifs is 2. The van der Waals surface area contributed by atoms with Crippen molar-refractivity contribution in [2.75, 3.05) is 19.6 Å². The standard InChI is InChI=1S/C30H32ClN3O5/c1-29(2,35)20-8-10-28-24(17-20)22(23-5-3-13-32-26(23)19-39-28)6-4-14-33-15-11-30(36,12-16-33)21-7-9-25(31)27(18-21)34(37)38/h3,5-10,13,17-18,35-36H,4,11-12,14-16,19H2,1-2H3/b22-6+. The van der Waals surface area contributed by atoms with E-state index in [0.717, 1.165) is 46.7 Å². The number of piperidine rings is 1. The summed E-state index contributed by atoms with van der Waals surface area (Å²) < 4.78 is 6.09. The molecular weight excluding hydrogens is 518 g/mol. The molecule has 1 saturated heterocycles. The van der Waals surface area contributed by atoms with Crippen LogP contribution in [-0.2, 0) is 17.8 Å². The number of pyridine rings is 1. The maximum Gasteiger partial charge on any atom is 0.288 e. The molecule has 204 valence electrons. The quantitative estimate of drug-likeness (QED) is 0.305. The lowest BCUT2D eigenvalue weighted by Gasteiger charge is -2.38. The predicted molar refractivity (Wildman–Crippen MR) is 150 cm³/mol. The van der Waals surface area contributed by atoms with Crippen LogP contribution in [0, 0.1) is 10.1 Å². The van der Waals surface area contributed by atoms with Gasteiger partial charge in [0.25, 0.3) is 5.69 Å². The maximum atomic E-state index is 11.3. The number of rotatable bonds is 6. The van der Waals surface area contributed by atoms with E-state index < -0.39 is 16.1 Å². The van der Waals surface area contributed by atoms with E-state index in [0.29, 0.717) is 38.1 Å². The van der Waals surface area contributed by atoms with Crippen molar-refractivity contribution in [1.29, 1.82) is 0 Å². The van der Waals surface area contributed by atoms with E-state index in [4.69, 9.17) is 16.3 Å². The summed E-state index contributed by atoms with van der Waals surface area (Å²) in [6.45, 7) is 6.02. The summed E-state index contributed by atoms with van der Waals surface area (Å²) >= 11 is 5.96. The predicted octanol–water partition coefficient (Wildman–Crippen LogP) is 5.57. The summed E-state index contributed by atoms with van der Waals surface area (Å²) in [5, 5.41) is 33.3. The molecule has 3 heterocycles. The molecule has 2 aromatic carbocycles. The summed E-state index contributed by atoms with van der Waals surface area (Å²) in [5.74, 6) is 0.757. The summed E-state index contributed by atoms with van der Waals surface area (Å²) in [7, 11) is 0. The molecule has 1 aromatic heterocycles. The molecule has 0 amide bonds. The van der Waals surface area contributed by atoms with E-state index >= 15 is 0 Å². The van der Waals surface area contributed by atoms with Gasteiger partial charge in [-0.25, -0.2) is 0 Å². The molecule has 0 atom stereocenters. The smallest absolute Gasteiger partial charge is 0.288 e. The average molecular weight is 550 g/mol. The molecular formula is C30H32ClN3O5. The lowest BCUT2D eigenvalue weighted by Crippen LogP contribution is -2.42. The first-order chi connectivity index (χ1) is 18.5. The highest BCUT2D eigenvalue weighted by atomic mass is 35.5. The fraction of sp³-hybridized carbons (Fsp3) is 0.367. The highest BCUT2D eigenvalue weighted by Crippen LogP contribution is 2.39. The molecule has 2 aliphatic heterocycles. The Labute approximate surface area is 232 Å². The number of aromatic nitrogens is 1. The minimum absolute atomic E-state index is 0.0646. The Morgan fingerprint density at radius 2 is 1.95 bits per heavy atom. The van der Waals surface area contributed by atoms with Crippen molar-refractivity contribution in [3.05, 3.63) is 104 Å². The number of hydrogen-bond acceptors (Lipinski definition) is 7. The largest absolute Gasteiger partial charge is 0.487 e. The number of benzene rings is 2. The van der Waals surface area contributed by atoms with Crippen LogP contribution in [0.5, 0.6) is 5.75 Å². The molecule has 3 aromatic rings. The number of aliphatic hydroxyl groups is 2. The van der Waals surface area contributed by atoms with Crippen LogP contribution in [0.15, 0.2) is 60.8 Å². The van der Waals surface area contributed by atoms with Gasteiger partial charge >= 0.3 is 0 Å². The Hall–Kier alpha value is -3.30. The minimum Gasteiger partial charge on any atom is -0.487 e. The fourth-order valence-corrected chi connectivity index (χ4v) is 5.51. The van der Waals surface area contributed by atoms with Gasteiger partial charge in [-0.1, -0.05) is 35.9 Å². The van der Waals surface area contributed by atoms with Crippen LogP contribution >= 0.6 is 11.6 Å². The van der Waals surface area contributed by atoms with E-state index in [9.17, 15) is 20.3 Å². The number of hydrogen-bond donors (Lipinski definition) is 2. The van der Waals surface area contributed by atoms with Gasteiger partial charge in [-0.2, -0.15) is 0 Å². The Morgan fingerprint density at radius 3 is 2.67 bits per heavy atom. The van der Waals surface area contributed by atoms with Crippen molar-refractivity contribution in [2.45, 2.75) is 50.9 Å². The van der Waals surface area contributed by atoms with Gasteiger partial charge in [-0.15, -0.1) is 0 Å². The Balaban J connectivity index is 1.33. The van der Waals surface area contributed by atoms with E-state index in [1.807, 2.05) is 24.3 Å². The molecule has 0 aliphatic carbocycles. The first-order valence-electron chi connectivity index (χ1n) is 13.1. The summed E-state index contributed by atoms with van der Waals surface area (Å²) in [6, 6.07) is 14.3. The molecule has 0 radical (unpaired) electrons. The van der Waals surface area contributed by atoms with Crippen LogP contribution in [0.1, 0.15) is 61.1 Å². The van der Waals surface area contributed by atoms with Gasteiger partial charge in [0.05, 0.1) is 21.8 Å². The zero-order valence-corrected chi connectivity index (χ0v) is 22.8. The molecule has 0 bridgehead atoms. The summed E-state index contributed by atoms with van der Waals surface area (Å²) in [5.41, 5.74) is 2.87. The van der Waals surface area contributed by atoms with Crippen LogP contribution in [0.2, 0.25) is 5.02 Å². The van der Waals surface area contributed by atoms with Gasteiger partial charge < -0.3 is 19.8 Å². The summed E-state index contributed by atoms with van der Waals surface area (Å²) in [4.78, 5) is 17.6. The van der Waals surface area contributed by atoms with E-state index in [1.54, 1.807) is 26.1 Å². The second-order valence-corrected chi connectivity index (χ2v) is 11.2. The molecule has 39 heavy (non-hydrogen) atoms. The van der Waals surface area contributed by atoms with Gasteiger partial charge in [0.1, 0.15) is 17.4 Å². The Kier molecular flexibility index (Phi) is 7.48. The van der Waals surface area contributed by atoms with Gasteiger partial charge in [0, 0.05) is 43.0 Å². The topological polar surface area (TPSA) is 109 Å². The lowest BCUT2D eigenvalue weighted by molar-refractivity contribution is -0.384. The number of nitro groups is 1. The second kappa shape index (κ2) is 10.7. The molecule has 2 aliphatic rings. The van der Waals surface area contributed by atoms with E-state index in [2.05, 4.69) is 22.0 Å². The van der Waals surface area contributed by atoms with Gasteiger partial charge in [0.15, 0.2) is 0 Å². The molecule has 0 saturated carbocycles. The van der Waals surface area contributed by atoms with Crippen molar-refractivity contribution in [2.24, 2.45) is 0 Å². The second-order valence-electron chi connectivity index (χ2n) is 10.8. The number of nitro benzene ring substituents is 1. The highest BCUT2D eigenvalue weighted by Gasteiger charge is 2.35. The molecule has 1 fully saturated rings. The van der Waals surface area contributed by atoms with Gasteiger partial charge in [-0.3, -0.25) is 15.1 Å². The third kappa shape index (κ3) is 5.70. The van der Waals surface area contributed by atoms with Crippen molar-refractivity contribution in [3.63, 3.8) is 0 Å². The molecule has 2 N–H and O–H groups in total. The average Bonchev–Trinajstić information content (AvgIpc) is 3.06. The van der Waals surface area contributed by atoms with Crippen molar-refractivity contribution < 1.29 is 19.9 Å². The Bertz CT molecular complexity index is 1420. The Morgan fingerprint density at radius 1 is 1.18 bits per heavy atom. The van der Waals surface area contributed by atoms with Crippen LogP contribution in [0.4, 0.5) is 5.69 Å². The zero-order chi connectivity index (χ0) is 27.8. The normalized spacial score (nSPS) is 18.1. The van der Waals surface area contributed by atoms with Crippen LogP contribution in [0.25, 0.3) is 5.57 Å². The lowest BCUT2D eigenvalue weighted by atomic mass is 9.84. The van der Waals surface area contributed by atoms with Crippen LogP contribution in [-0.4, -0.2) is 44.7 Å². The van der Waals surface area contributed by atoms with Crippen LogP contribution in [0.3, 0.4) is 0 Å². The van der Waals surface area contributed by atoms with Crippen molar-refractivity contribution in [1.82, 2.24) is 9.88 Å². The monoisotopic (exact) mass is 549 g/mol. The third-order valence-corrected chi connectivity index (χ3v) is 8.00. The number of halogens is 1. The number of ether oxygens (including phenoxy) is 1. The van der Waals surface area contributed by atoms with Crippen molar-refractivity contribution >= 4 is 22.9 Å². The molecule has 8 nitrogen and oxygen atoms in total. The first kappa shape index (κ1) is 27.3. The molecule has 5 rings (SSSR count). The maximum absolute atomic E-state index is 11.3. The van der Waals surface area contributed by atoms with Crippen molar-refractivity contribution in [3.8, 4) is 5.75 Å². The molecule has 0 unspecified atom stereocenters. The fourth-order valence-electron chi connectivity index (χ4n) is 5.32. The highest BCUT2D eigenvalue weighted by molar-refractivity contribution is 6.32. The SMILES string of the molecule is CC(C)(O)c1ccc2c(c1)/C(=C/CCN1CCC(O)(c3ccc(Cl)c([N+](=O)[O-])c3)CC1)c1cccnc1CO2. The van der Waals surface area contributed by atoms with E-state index in [1.165, 1.54) is 12.1 Å². The number of likely N-dealkylation sites (tertiary alicyclic amines) is 1. The molecule has 0 spiro atoms. The van der Waals surface area contributed by atoms with Crippen LogP contribution < -0.4 is 4.74 Å². The zero-order valence-electron chi connectivity index (χ0n) is 22.1. The number of nitrogens with zero attached hydrogens (tertiary/aromatic N) is 3. The third-order valence-electron chi connectivity index (χ3n) is 7.68. The first-order valence-corrected chi connectivity index (χ1v) is 13.5. The van der Waals surface area contributed by atoms with E-state index in [-0.39, 0.29) is 10.7 Å². The van der Waals surface area contributed by atoms with Gasteiger partial charge in [-0.05, 0) is 74.1 Å².